The predicted molar refractivity (Wildman–Crippen MR) is 109 cm³/mol. The van der Waals surface area contributed by atoms with Gasteiger partial charge in [0.25, 0.3) is 0 Å². The van der Waals surface area contributed by atoms with Crippen LogP contribution >= 0.6 is 0 Å². The molecule has 0 amide bonds. The van der Waals surface area contributed by atoms with E-state index in [1.165, 1.54) is 5.76 Å². The van der Waals surface area contributed by atoms with E-state index in [1.54, 1.807) is 0 Å². The molecule has 3 aliphatic rings. The molecule has 0 fully saturated rings. The molecule has 0 unspecified atom stereocenters. The summed E-state index contributed by atoms with van der Waals surface area (Å²) < 4.78 is 13.5. The number of hydrogen-bond donors (Lipinski definition) is 0. The van der Waals surface area contributed by atoms with Crippen molar-refractivity contribution in [1.82, 2.24) is 0 Å². The molecule has 138 valence electrons. The first kappa shape index (κ1) is 20.0. The monoisotopic (exact) mass is 366 g/mol. The van der Waals surface area contributed by atoms with Crippen molar-refractivity contribution >= 4 is 16.6 Å². The number of rotatable bonds is 4. The van der Waals surface area contributed by atoms with Crippen LogP contribution in [-0.4, -0.2) is 22.2 Å². The largest absolute Gasteiger partial charge is 0.546 e. The van der Waals surface area contributed by atoms with Crippen molar-refractivity contribution in [2.75, 3.05) is 0 Å². The van der Waals surface area contributed by atoms with Gasteiger partial charge < -0.3 is 8.85 Å². The minimum atomic E-state index is -1.83. The third-order valence-corrected chi connectivity index (χ3v) is 15.5. The van der Waals surface area contributed by atoms with Crippen LogP contribution in [0.2, 0.25) is 36.3 Å². The molecule has 4 heteroatoms. The van der Waals surface area contributed by atoms with E-state index in [0.29, 0.717) is 5.92 Å². The van der Waals surface area contributed by atoms with Gasteiger partial charge >= 0.3 is 0 Å². The quantitative estimate of drug-likeness (QED) is 0.410. The van der Waals surface area contributed by atoms with Crippen LogP contribution in [0.3, 0.4) is 0 Å². The minimum absolute atomic E-state index is 0.220. The molecular formula is C20H38O2Si2. The Kier molecular flexibility index (Phi) is 4.87. The Morgan fingerprint density at radius 3 is 1.92 bits per heavy atom. The van der Waals surface area contributed by atoms with Gasteiger partial charge in [-0.3, -0.25) is 0 Å². The third-order valence-electron chi connectivity index (χ3n) is 6.64. The van der Waals surface area contributed by atoms with E-state index in [1.807, 2.05) is 0 Å². The standard InChI is InChI=1S/C20H38O2Si2/c1-18(2,3)23(7,8)21-17-15-20(13-11-16(17)12-14-20)22-24(9,10)19(4,5)6/h11,13,15-16H,12,14H2,1-10H3/t16-,20-/m1/s1. The zero-order valence-corrected chi connectivity index (χ0v) is 19.5. The van der Waals surface area contributed by atoms with Crippen LogP contribution in [0.4, 0.5) is 0 Å². The maximum Gasteiger partial charge on any atom is 0.250 e. The summed E-state index contributed by atoms with van der Waals surface area (Å²) in [6, 6.07) is 0. The van der Waals surface area contributed by atoms with Gasteiger partial charge in [0.05, 0.1) is 11.4 Å². The van der Waals surface area contributed by atoms with Crippen LogP contribution in [0.15, 0.2) is 24.0 Å². The van der Waals surface area contributed by atoms with Crippen molar-refractivity contribution in [3.05, 3.63) is 24.0 Å². The predicted octanol–water partition coefficient (Wildman–Crippen LogP) is 6.63. The maximum absolute atomic E-state index is 6.86. The Balaban J connectivity index is 2.28. The van der Waals surface area contributed by atoms with Crippen LogP contribution in [0.1, 0.15) is 54.4 Å². The lowest BCUT2D eigenvalue weighted by molar-refractivity contribution is 0.105. The topological polar surface area (TPSA) is 18.5 Å². The second kappa shape index (κ2) is 5.85. The van der Waals surface area contributed by atoms with Gasteiger partial charge in [0.1, 0.15) is 0 Å². The van der Waals surface area contributed by atoms with Crippen molar-refractivity contribution in [2.24, 2.45) is 5.92 Å². The van der Waals surface area contributed by atoms with Crippen molar-refractivity contribution in [2.45, 2.75) is 96.2 Å². The summed E-state index contributed by atoms with van der Waals surface area (Å²) >= 11 is 0. The Morgan fingerprint density at radius 2 is 1.50 bits per heavy atom. The molecule has 2 atom stereocenters. The van der Waals surface area contributed by atoms with Gasteiger partial charge in [-0.25, -0.2) is 0 Å². The number of hydrogen-bond acceptors (Lipinski definition) is 2. The second-order valence-corrected chi connectivity index (χ2v) is 20.2. The SMILES string of the molecule is CC(C)(C)[Si](C)(C)OC1=C[C@@]2(O[Si](C)(C)C(C)(C)C)C=C[C@@H]1CC2. The third kappa shape index (κ3) is 3.75. The van der Waals surface area contributed by atoms with Crippen LogP contribution in [-0.2, 0) is 8.85 Å². The van der Waals surface area contributed by atoms with Crippen LogP contribution in [0.5, 0.6) is 0 Å². The highest BCUT2D eigenvalue weighted by molar-refractivity contribution is 6.74. The van der Waals surface area contributed by atoms with Gasteiger partial charge in [-0.05, 0) is 55.2 Å². The highest BCUT2D eigenvalue weighted by atomic mass is 28.4. The smallest absolute Gasteiger partial charge is 0.250 e. The lowest BCUT2D eigenvalue weighted by atomic mass is 9.78. The van der Waals surface area contributed by atoms with Gasteiger partial charge in [0.2, 0.25) is 8.32 Å². The van der Waals surface area contributed by atoms with Gasteiger partial charge in [-0.15, -0.1) is 0 Å². The van der Waals surface area contributed by atoms with E-state index in [2.05, 4.69) is 86.0 Å². The molecule has 0 aromatic heterocycles. The Hall–Kier alpha value is -0.326. The summed E-state index contributed by atoms with van der Waals surface area (Å²) in [5.41, 5.74) is -0.241. The van der Waals surface area contributed by atoms with Crippen LogP contribution in [0, 0.1) is 5.92 Å². The maximum atomic E-state index is 6.86. The van der Waals surface area contributed by atoms with Crippen LogP contribution < -0.4 is 0 Å². The highest BCUT2D eigenvalue weighted by Gasteiger charge is 2.48. The molecule has 0 radical (unpaired) electrons. The minimum Gasteiger partial charge on any atom is -0.546 e. The first-order chi connectivity index (χ1) is 10.6. The molecule has 0 heterocycles. The number of allylic oxidation sites excluding steroid dienone is 1. The van der Waals surface area contributed by atoms with Gasteiger partial charge in [0, 0.05) is 5.92 Å². The molecule has 3 rings (SSSR count). The summed E-state index contributed by atoms with van der Waals surface area (Å²) in [5.74, 6) is 1.62. The lowest BCUT2D eigenvalue weighted by Gasteiger charge is -2.49. The fraction of sp³-hybridized carbons (Fsp3) is 0.800. The Labute approximate surface area is 152 Å². The molecule has 0 aromatic carbocycles. The summed E-state index contributed by atoms with van der Waals surface area (Å²) in [4.78, 5) is 0. The molecule has 2 nitrogen and oxygen atoms in total. The van der Waals surface area contributed by atoms with Gasteiger partial charge in [-0.2, -0.15) is 0 Å². The van der Waals surface area contributed by atoms with Crippen LogP contribution in [0.25, 0.3) is 0 Å². The molecule has 24 heavy (non-hydrogen) atoms. The average Bonchev–Trinajstić information content (AvgIpc) is 2.35. The van der Waals surface area contributed by atoms with E-state index in [0.717, 1.165) is 12.8 Å². The summed E-state index contributed by atoms with van der Waals surface area (Å²) in [6.07, 6.45) is 9.19. The summed E-state index contributed by atoms with van der Waals surface area (Å²) in [5, 5.41) is 0.444. The zero-order chi connectivity index (χ0) is 18.6. The van der Waals surface area contributed by atoms with E-state index in [-0.39, 0.29) is 15.7 Å². The Bertz CT molecular complexity index is 547. The molecular weight excluding hydrogens is 328 g/mol. The van der Waals surface area contributed by atoms with Gasteiger partial charge in [0.15, 0.2) is 8.32 Å². The average molecular weight is 367 g/mol. The number of fused-ring (bicyclic) bond motifs is 1. The molecule has 3 aliphatic carbocycles. The molecule has 0 N–H and O–H groups in total. The summed E-state index contributed by atoms with van der Waals surface area (Å²) in [7, 11) is -3.63. The van der Waals surface area contributed by atoms with E-state index in [9.17, 15) is 0 Å². The fourth-order valence-electron chi connectivity index (χ4n) is 2.84. The zero-order valence-electron chi connectivity index (χ0n) is 17.5. The second-order valence-electron chi connectivity index (χ2n) is 10.7. The normalized spacial score (nSPS) is 28.1. The highest BCUT2D eigenvalue weighted by Crippen LogP contribution is 2.48. The summed E-state index contributed by atoms with van der Waals surface area (Å²) in [6.45, 7) is 23.2. The van der Waals surface area contributed by atoms with E-state index < -0.39 is 16.6 Å². The first-order valence-electron chi connectivity index (χ1n) is 9.40. The van der Waals surface area contributed by atoms with Crippen molar-refractivity contribution in [3.63, 3.8) is 0 Å². The van der Waals surface area contributed by atoms with E-state index >= 15 is 0 Å². The molecule has 0 saturated heterocycles. The van der Waals surface area contributed by atoms with Crippen molar-refractivity contribution in [1.29, 1.82) is 0 Å². The first-order valence-corrected chi connectivity index (χ1v) is 15.2. The lowest BCUT2D eigenvalue weighted by Crippen LogP contribution is -2.51. The molecule has 0 saturated carbocycles. The Morgan fingerprint density at radius 1 is 0.958 bits per heavy atom. The van der Waals surface area contributed by atoms with E-state index in [4.69, 9.17) is 8.85 Å². The molecule has 0 aromatic rings. The van der Waals surface area contributed by atoms with Crippen molar-refractivity contribution in [3.8, 4) is 0 Å². The van der Waals surface area contributed by atoms with Crippen molar-refractivity contribution < 1.29 is 8.85 Å². The molecule has 0 aliphatic heterocycles. The fourth-order valence-corrected chi connectivity index (χ4v) is 5.43. The molecule has 2 bridgehead atoms. The van der Waals surface area contributed by atoms with Gasteiger partial charge in [-0.1, -0.05) is 53.7 Å². The molecule has 0 spiro atoms.